The summed E-state index contributed by atoms with van der Waals surface area (Å²) in [6.45, 7) is 14.3. The van der Waals surface area contributed by atoms with Gasteiger partial charge in [0.25, 0.3) is 0 Å². The third kappa shape index (κ3) is 7.10. The van der Waals surface area contributed by atoms with Gasteiger partial charge < -0.3 is 23.7 Å². The molecule has 4 aliphatic carbocycles. The molecule has 0 aromatic carbocycles. The van der Waals surface area contributed by atoms with Crippen molar-refractivity contribution in [3.05, 3.63) is 0 Å². The molecule has 0 bridgehead atoms. The summed E-state index contributed by atoms with van der Waals surface area (Å²) in [4.78, 5) is 61.2. The topological polar surface area (TPSA) is 132 Å². The number of hydrogen-bond acceptors (Lipinski definition) is 10. The maximum absolute atomic E-state index is 12.7. The number of fused-ring (bicyclic) bond motifs is 5. The largest absolute Gasteiger partial charge is 0.469 e. The molecular weight excluding hydrogens is 592 g/mol. The summed E-state index contributed by atoms with van der Waals surface area (Å²) in [6, 6.07) is 0. The Labute approximate surface area is 274 Å². The van der Waals surface area contributed by atoms with Crippen LogP contribution >= 0.6 is 0 Å². The molecule has 4 fully saturated rings. The summed E-state index contributed by atoms with van der Waals surface area (Å²) in [6.07, 6.45) is 5.67. The summed E-state index contributed by atoms with van der Waals surface area (Å²) in [5.74, 6) is -1.21. The Morgan fingerprint density at radius 1 is 0.761 bits per heavy atom. The maximum Gasteiger partial charge on any atom is 0.312 e. The van der Waals surface area contributed by atoms with E-state index in [1.54, 1.807) is 6.92 Å². The standard InChI is InChI=1S/C36H56O10/c1-19(10-13-30(44-22(4)38)20(2)34(41)42-9)27-11-12-28-33-29(18-32(36(27,28)8)46-24(6)40)35(7)15-14-26(43-21(3)37)16-25(35)17-31(33)45-23(5)39/h19-20,25-33H,10-18H2,1-9H3/t19-,20?,25+,26-,27-,28+,29+,30?,31-,32+,33+,35+,36-/m1/s1. The number of hydrogen-bond donors (Lipinski definition) is 0. The molecule has 4 rings (SSSR count). The minimum atomic E-state index is -0.594. The molecule has 10 heteroatoms. The minimum Gasteiger partial charge on any atom is -0.469 e. The summed E-state index contributed by atoms with van der Waals surface area (Å²) in [5, 5.41) is 0. The fraction of sp³-hybridized carbons (Fsp3) is 0.861. The molecule has 0 aliphatic heterocycles. The van der Waals surface area contributed by atoms with Gasteiger partial charge in [0, 0.05) is 39.0 Å². The van der Waals surface area contributed by atoms with Crippen molar-refractivity contribution in [1.82, 2.24) is 0 Å². The predicted octanol–water partition coefficient (Wildman–Crippen LogP) is 5.82. The van der Waals surface area contributed by atoms with Gasteiger partial charge in [-0.2, -0.15) is 0 Å². The molecule has 260 valence electrons. The lowest BCUT2D eigenvalue weighted by atomic mass is 9.43. The van der Waals surface area contributed by atoms with E-state index in [1.807, 2.05) is 0 Å². The zero-order valence-electron chi connectivity index (χ0n) is 29.3. The molecule has 2 unspecified atom stereocenters. The molecule has 0 heterocycles. The number of carbonyl (C=O) groups excluding carboxylic acids is 5. The van der Waals surface area contributed by atoms with Gasteiger partial charge in [0.1, 0.15) is 24.4 Å². The first-order chi connectivity index (χ1) is 21.5. The second-order valence-corrected chi connectivity index (χ2v) is 15.3. The average molecular weight is 649 g/mol. The van der Waals surface area contributed by atoms with Crippen LogP contribution < -0.4 is 0 Å². The highest BCUT2D eigenvalue weighted by Gasteiger charge is 2.67. The van der Waals surface area contributed by atoms with E-state index in [1.165, 1.54) is 34.8 Å². The molecule has 0 aromatic heterocycles. The quantitative estimate of drug-likeness (QED) is 0.211. The van der Waals surface area contributed by atoms with E-state index in [0.717, 1.165) is 44.9 Å². The van der Waals surface area contributed by atoms with Crippen LogP contribution in [0.2, 0.25) is 0 Å². The molecule has 0 N–H and O–H groups in total. The predicted molar refractivity (Wildman–Crippen MR) is 168 cm³/mol. The zero-order chi connectivity index (χ0) is 34.1. The van der Waals surface area contributed by atoms with Gasteiger partial charge >= 0.3 is 29.8 Å². The number of methoxy groups -OCH3 is 1. The van der Waals surface area contributed by atoms with Crippen molar-refractivity contribution < 1.29 is 47.7 Å². The lowest BCUT2D eigenvalue weighted by Crippen LogP contribution is -2.63. The molecule has 10 nitrogen and oxygen atoms in total. The van der Waals surface area contributed by atoms with E-state index < -0.39 is 24.0 Å². The lowest BCUT2D eigenvalue weighted by Gasteiger charge is -2.64. The van der Waals surface area contributed by atoms with Gasteiger partial charge in [-0.3, -0.25) is 24.0 Å². The Bertz CT molecular complexity index is 1170. The van der Waals surface area contributed by atoms with Gasteiger partial charge in [-0.25, -0.2) is 0 Å². The molecule has 4 saturated carbocycles. The molecule has 0 spiro atoms. The second-order valence-electron chi connectivity index (χ2n) is 15.3. The SMILES string of the molecule is COC(=O)C(C)C(CC[C@@H](C)[C@H]1CC[C@H]2[C@@H]3[C@H](OC(C)=O)C[C@@H]4C[C@H](OC(C)=O)CC[C@]4(C)[C@H]3C[C@H](OC(C)=O)[C@]12C)OC(C)=O. The number of ether oxygens (including phenoxy) is 5. The van der Waals surface area contributed by atoms with E-state index in [4.69, 9.17) is 23.7 Å². The molecular formula is C36H56O10. The van der Waals surface area contributed by atoms with E-state index in [2.05, 4.69) is 20.8 Å². The van der Waals surface area contributed by atoms with Crippen molar-refractivity contribution in [2.75, 3.05) is 7.11 Å². The van der Waals surface area contributed by atoms with Crippen LogP contribution in [0.5, 0.6) is 0 Å². The van der Waals surface area contributed by atoms with Crippen LogP contribution in [0.3, 0.4) is 0 Å². The van der Waals surface area contributed by atoms with E-state index in [-0.39, 0.29) is 82.6 Å². The van der Waals surface area contributed by atoms with Crippen LogP contribution in [0.4, 0.5) is 0 Å². The van der Waals surface area contributed by atoms with Gasteiger partial charge in [-0.1, -0.05) is 20.8 Å². The summed E-state index contributed by atoms with van der Waals surface area (Å²) >= 11 is 0. The van der Waals surface area contributed by atoms with Crippen molar-refractivity contribution in [1.29, 1.82) is 0 Å². The zero-order valence-corrected chi connectivity index (χ0v) is 29.3. The fourth-order valence-electron chi connectivity index (χ4n) is 10.7. The molecule has 0 saturated heterocycles. The van der Waals surface area contributed by atoms with E-state index >= 15 is 0 Å². The van der Waals surface area contributed by atoms with Crippen LogP contribution in [0, 0.1) is 52.3 Å². The van der Waals surface area contributed by atoms with Crippen LogP contribution in [-0.2, 0) is 47.7 Å². The monoisotopic (exact) mass is 648 g/mol. The first kappa shape index (κ1) is 36.2. The number of rotatable bonds is 10. The third-order valence-corrected chi connectivity index (χ3v) is 12.8. The average Bonchev–Trinajstić information content (AvgIpc) is 3.32. The molecule has 0 aromatic rings. The Hall–Kier alpha value is -2.65. The van der Waals surface area contributed by atoms with Crippen LogP contribution in [0.25, 0.3) is 0 Å². The Morgan fingerprint density at radius 2 is 1.41 bits per heavy atom. The van der Waals surface area contributed by atoms with Crippen molar-refractivity contribution in [3.8, 4) is 0 Å². The molecule has 4 aliphatic rings. The highest BCUT2D eigenvalue weighted by Crippen LogP contribution is 2.69. The summed E-state index contributed by atoms with van der Waals surface area (Å²) in [5.41, 5.74) is -0.420. The Balaban J connectivity index is 1.65. The van der Waals surface area contributed by atoms with Gasteiger partial charge in [0.05, 0.1) is 13.0 Å². The summed E-state index contributed by atoms with van der Waals surface area (Å²) in [7, 11) is 1.33. The van der Waals surface area contributed by atoms with Crippen molar-refractivity contribution in [2.24, 2.45) is 52.3 Å². The highest BCUT2D eigenvalue weighted by atomic mass is 16.6. The lowest BCUT2D eigenvalue weighted by molar-refractivity contribution is -0.224. The van der Waals surface area contributed by atoms with Crippen molar-refractivity contribution >= 4 is 29.8 Å². The Morgan fingerprint density at radius 3 is 2.00 bits per heavy atom. The first-order valence-corrected chi connectivity index (χ1v) is 17.3. The van der Waals surface area contributed by atoms with Crippen molar-refractivity contribution in [3.63, 3.8) is 0 Å². The molecule has 0 amide bonds. The molecule has 0 radical (unpaired) electrons. The van der Waals surface area contributed by atoms with Gasteiger partial charge in [-0.15, -0.1) is 0 Å². The minimum absolute atomic E-state index is 0.0668. The number of carbonyl (C=O) groups is 5. The van der Waals surface area contributed by atoms with Gasteiger partial charge in [0.15, 0.2) is 0 Å². The fourth-order valence-corrected chi connectivity index (χ4v) is 10.7. The van der Waals surface area contributed by atoms with Crippen molar-refractivity contribution in [2.45, 2.75) is 138 Å². The number of esters is 5. The van der Waals surface area contributed by atoms with E-state index in [9.17, 15) is 24.0 Å². The molecule has 46 heavy (non-hydrogen) atoms. The maximum atomic E-state index is 12.7. The van der Waals surface area contributed by atoms with Crippen LogP contribution in [0.15, 0.2) is 0 Å². The second kappa shape index (κ2) is 14.2. The normalized spacial score (nSPS) is 38.5. The van der Waals surface area contributed by atoms with Gasteiger partial charge in [0.2, 0.25) is 0 Å². The molecule has 13 atom stereocenters. The highest BCUT2D eigenvalue weighted by molar-refractivity contribution is 5.73. The smallest absolute Gasteiger partial charge is 0.312 e. The Kier molecular flexibility index (Phi) is 11.2. The summed E-state index contributed by atoms with van der Waals surface area (Å²) < 4.78 is 28.6. The third-order valence-electron chi connectivity index (χ3n) is 12.8. The van der Waals surface area contributed by atoms with Gasteiger partial charge in [-0.05, 0) is 99.7 Å². The van der Waals surface area contributed by atoms with Crippen LogP contribution in [0.1, 0.15) is 113 Å². The van der Waals surface area contributed by atoms with E-state index in [0.29, 0.717) is 12.8 Å². The van der Waals surface area contributed by atoms with Crippen LogP contribution in [-0.4, -0.2) is 61.4 Å². The first-order valence-electron chi connectivity index (χ1n) is 17.3.